The van der Waals surface area contributed by atoms with E-state index in [0.717, 1.165) is 25.7 Å². The van der Waals surface area contributed by atoms with Crippen molar-refractivity contribution in [3.63, 3.8) is 0 Å². The number of nitrogens with one attached hydrogen (secondary N) is 1. The second kappa shape index (κ2) is 6.17. The van der Waals surface area contributed by atoms with Crippen molar-refractivity contribution in [1.29, 1.82) is 0 Å². The Labute approximate surface area is 106 Å². The standard InChI is InChI=1S/C14H28N2O/c1-4-12-9-16(13-5-6-17-10-13)14(8-15-12)7-11(2)3/h11-15H,4-10H2,1-3H3. The van der Waals surface area contributed by atoms with E-state index >= 15 is 0 Å². The van der Waals surface area contributed by atoms with Crippen LogP contribution in [0.3, 0.4) is 0 Å². The Morgan fingerprint density at radius 3 is 2.82 bits per heavy atom. The Morgan fingerprint density at radius 1 is 1.41 bits per heavy atom. The van der Waals surface area contributed by atoms with E-state index in [1.54, 1.807) is 0 Å². The van der Waals surface area contributed by atoms with Crippen LogP contribution in [-0.2, 0) is 4.74 Å². The van der Waals surface area contributed by atoms with Gasteiger partial charge in [-0.25, -0.2) is 0 Å². The van der Waals surface area contributed by atoms with E-state index in [0.29, 0.717) is 18.1 Å². The van der Waals surface area contributed by atoms with Gasteiger partial charge in [-0.1, -0.05) is 20.8 Å². The fraction of sp³-hybridized carbons (Fsp3) is 1.00. The van der Waals surface area contributed by atoms with Crippen molar-refractivity contribution in [3.8, 4) is 0 Å². The van der Waals surface area contributed by atoms with Crippen molar-refractivity contribution in [2.75, 3.05) is 26.3 Å². The first-order valence-corrected chi connectivity index (χ1v) is 7.27. The molecule has 3 nitrogen and oxygen atoms in total. The Bertz CT molecular complexity index is 226. The van der Waals surface area contributed by atoms with E-state index in [2.05, 4.69) is 31.0 Å². The van der Waals surface area contributed by atoms with E-state index in [-0.39, 0.29) is 0 Å². The number of piperazine rings is 1. The lowest BCUT2D eigenvalue weighted by Crippen LogP contribution is -2.59. The van der Waals surface area contributed by atoms with Crippen LogP contribution in [0.2, 0.25) is 0 Å². The first-order chi connectivity index (χ1) is 8.20. The minimum Gasteiger partial charge on any atom is -0.380 e. The van der Waals surface area contributed by atoms with Gasteiger partial charge in [0, 0.05) is 37.8 Å². The van der Waals surface area contributed by atoms with Crippen LogP contribution in [0.1, 0.15) is 40.0 Å². The van der Waals surface area contributed by atoms with Gasteiger partial charge in [-0.3, -0.25) is 4.90 Å². The van der Waals surface area contributed by atoms with Crippen LogP contribution < -0.4 is 5.32 Å². The predicted molar refractivity (Wildman–Crippen MR) is 71.3 cm³/mol. The summed E-state index contributed by atoms with van der Waals surface area (Å²) in [6.45, 7) is 11.2. The smallest absolute Gasteiger partial charge is 0.0622 e. The van der Waals surface area contributed by atoms with Gasteiger partial charge in [0.2, 0.25) is 0 Å². The van der Waals surface area contributed by atoms with Gasteiger partial charge in [-0.2, -0.15) is 0 Å². The van der Waals surface area contributed by atoms with Crippen LogP contribution in [0.25, 0.3) is 0 Å². The SMILES string of the molecule is CCC1CN(C2CCOC2)C(CC(C)C)CN1. The molecule has 1 N–H and O–H groups in total. The summed E-state index contributed by atoms with van der Waals surface area (Å²) in [5.74, 6) is 0.782. The van der Waals surface area contributed by atoms with Crippen LogP contribution in [0.5, 0.6) is 0 Å². The zero-order chi connectivity index (χ0) is 12.3. The lowest BCUT2D eigenvalue weighted by atomic mass is 9.96. The van der Waals surface area contributed by atoms with Crippen LogP contribution in [0, 0.1) is 5.92 Å². The molecular weight excluding hydrogens is 212 g/mol. The number of nitrogens with zero attached hydrogens (tertiary/aromatic N) is 1. The largest absolute Gasteiger partial charge is 0.380 e. The van der Waals surface area contributed by atoms with E-state index in [4.69, 9.17) is 4.74 Å². The second-order valence-electron chi connectivity index (χ2n) is 6.01. The van der Waals surface area contributed by atoms with Crippen LogP contribution in [0.4, 0.5) is 0 Å². The van der Waals surface area contributed by atoms with E-state index in [1.807, 2.05) is 0 Å². The summed E-state index contributed by atoms with van der Waals surface area (Å²) < 4.78 is 5.57. The topological polar surface area (TPSA) is 24.5 Å². The molecule has 2 heterocycles. The Hall–Kier alpha value is -0.120. The predicted octanol–water partition coefficient (Wildman–Crippen LogP) is 1.87. The van der Waals surface area contributed by atoms with Crippen molar-refractivity contribution in [3.05, 3.63) is 0 Å². The van der Waals surface area contributed by atoms with E-state index in [1.165, 1.54) is 25.8 Å². The van der Waals surface area contributed by atoms with Crippen molar-refractivity contribution >= 4 is 0 Å². The monoisotopic (exact) mass is 240 g/mol. The van der Waals surface area contributed by atoms with Crippen molar-refractivity contribution < 1.29 is 4.74 Å². The van der Waals surface area contributed by atoms with Crippen molar-refractivity contribution in [2.24, 2.45) is 5.92 Å². The molecule has 0 spiro atoms. The summed E-state index contributed by atoms with van der Waals surface area (Å²) in [4.78, 5) is 2.73. The lowest BCUT2D eigenvalue weighted by molar-refractivity contribution is 0.0590. The van der Waals surface area contributed by atoms with E-state index in [9.17, 15) is 0 Å². The van der Waals surface area contributed by atoms with Crippen LogP contribution in [-0.4, -0.2) is 49.3 Å². The highest BCUT2D eigenvalue weighted by Crippen LogP contribution is 2.23. The maximum absolute atomic E-state index is 5.57. The molecule has 3 heteroatoms. The minimum absolute atomic E-state index is 0.676. The Kier molecular flexibility index (Phi) is 4.83. The molecule has 3 atom stereocenters. The van der Waals surface area contributed by atoms with Gasteiger partial charge in [0.1, 0.15) is 0 Å². The van der Waals surface area contributed by atoms with Gasteiger partial charge in [-0.15, -0.1) is 0 Å². The summed E-state index contributed by atoms with van der Waals surface area (Å²) in [6, 6.07) is 2.07. The van der Waals surface area contributed by atoms with Crippen molar-refractivity contribution in [1.82, 2.24) is 10.2 Å². The van der Waals surface area contributed by atoms with Crippen molar-refractivity contribution in [2.45, 2.75) is 58.2 Å². The normalized spacial score (nSPS) is 35.6. The molecule has 0 bridgehead atoms. The van der Waals surface area contributed by atoms with E-state index < -0.39 is 0 Å². The zero-order valence-corrected chi connectivity index (χ0v) is 11.6. The molecule has 0 radical (unpaired) electrons. The lowest BCUT2D eigenvalue weighted by Gasteiger charge is -2.44. The summed E-state index contributed by atoms with van der Waals surface area (Å²) in [7, 11) is 0. The molecule has 0 saturated carbocycles. The Balaban J connectivity index is 1.97. The third kappa shape index (κ3) is 3.43. The highest BCUT2D eigenvalue weighted by Gasteiger charge is 2.34. The molecule has 3 unspecified atom stereocenters. The van der Waals surface area contributed by atoms with Gasteiger partial charge in [0.25, 0.3) is 0 Å². The fourth-order valence-corrected chi connectivity index (χ4v) is 3.16. The molecule has 0 aromatic heterocycles. The Morgan fingerprint density at radius 2 is 2.24 bits per heavy atom. The molecule has 17 heavy (non-hydrogen) atoms. The average molecular weight is 240 g/mol. The summed E-state index contributed by atoms with van der Waals surface area (Å²) in [5, 5.41) is 3.70. The molecular formula is C14H28N2O. The molecule has 100 valence electrons. The first-order valence-electron chi connectivity index (χ1n) is 7.27. The first kappa shape index (κ1) is 13.3. The van der Waals surface area contributed by atoms with Gasteiger partial charge >= 0.3 is 0 Å². The average Bonchev–Trinajstić information content (AvgIpc) is 2.82. The summed E-state index contributed by atoms with van der Waals surface area (Å²) in [5.41, 5.74) is 0. The molecule has 0 aromatic rings. The molecule has 2 aliphatic heterocycles. The maximum atomic E-state index is 5.57. The van der Waals surface area contributed by atoms with Gasteiger partial charge in [-0.05, 0) is 25.2 Å². The molecule has 2 rings (SSSR count). The minimum atomic E-state index is 0.676. The maximum Gasteiger partial charge on any atom is 0.0622 e. The number of rotatable bonds is 4. The molecule has 0 aromatic carbocycles. The van der Waals surface area contributed by atoms with Gasteiger partial charge in [0.15, 0.2) is 0 Å². The number of hydrogen-bond acceptors (Lipinski definition) is 3. The van der Waals surface area contributed by atoms with Gasteiger partial charge < -0.3 is 10.1 Å². The van der Waals surface area contributed by atoms with Crippen LogP contribution >= 0.6 is 0 Å². The molecule has 0 amide bonds. The quantitative estimate of drug-likeness (QED) is 0.812. The fourth-order valence-electron chi connectivity index (χ4n) is 3.16. The number of ether oxygens (including phenoxy) is 1. The summed E-state index contributed by atoms with van der Waals surface area (Å²) >= 11 is 0. The van der Waals surface area contributed by atoms with Crippen LogP contribution in [0.15, 0.2) is 0 Å². The third-order valence-electron chi connectivity index (χ3n) is 4.15. The molecule has 2 fully saturated rings. The molecule has 2 saturated heterocycles. The number of hydrogen-bond donors (Lipinski definition) is 1. The zero-order valence-electron chi connectivity index (χ0n) is 11.6. The highest BCUT2D eigenvalue weighted by molar-refractivity contribution is 4.91. The van der Waals surface area contributed by atoms with Gasteiger partial charge in [0.05, 0.1) is 6.61 Å². The molecule has 0 aliphatic carbocycles. The third-order valence-corrected chi connectivity index (χ3v) is 4.15. The summed E-state index contributed by atoms with van der Waals surface area (Å²) in [6.07, 6.45) is 3.77. The second-order valence-corrected chi connectivity index (χ2v) is 6.01. The highest BCUT2D eigenvalue weighted by atomic mass is 16.5. The molecule has 2 aliphatic rings.